The standard InChI is InChI=1S/C7H10NO2PS/c8-11(9,12)10-6-7-4-2-1-3-5-7/h1-5H,6H2,(H3,8,9,12). The van der Waals surface area contributed by atoms with Gasteiger partial charge in [0.15, 0.2) is 0 Å². The minimum atomic E-state index is -3.00. The molecule has 1 aromatic rings. The lowest BCUT2D eigenvalue weighted by atomic mass is 10.2. The zero-order chi connectivity index (χ0) is 9.03. The molecule has 12 heavy (non-hydrogen) atoms. The van der Waals surface area contributed by atoms with E-state index in [1.54, 1.807) is 0 Å². The van der Waals surface area contributed by atoms with Crippen LogP contribution in [0.15, 0.2) is 30.3 Å². The largest absolute Gasteiger partial charge is 0.334 e. The summed E-state index contributed by atoms with van der Waals surface area (Å²) >= 11 is 4.51. The highest BCUT2D eigenvalue weighted by Gasteiger charge is 2.04. The van der Waals surface area contributed by atoms with Gasteiger partial charge in [-0.3, -0.25) is 5.50 Å². The molecule has 0 saturated heterocycles. The van der Waals surface area contributed by atoms with Crippen LogP contribution in [0.3, 0.4) is 0 Å². The number of benzene rings is 1. The maximum absolute atomic E-state index is 8.96. The molecule has 0 spiro atoms. The molecule has 0 amide bonds. The summed E-state index contributed by atoms with van der Waals surface area (Å²) < 4.78 is 4.87. The lowest BCUT2D eigenvalue weighted by Gasteiger charge is -2.08. The maximum atomic E-state index is 8.96. The number of nitrogens with two attached hydrogens (primary N) is 1. The molecule has 0 aromatic heterocycles. The van der Waals surface area contributed by atoms with E-state index >= 15 is 0 Å². The zero-order valence-electron chi connectivity index (χ0n) is 6.38. The van der Waals surface area contributed by atoms with Gasteiger partial charge in [0, 0.05) is 0 Å². The Labute approximate surface area is 76.4 Å². The van der Waals surface area contributed by atoms with Crippen LogP contribution in [0.4, 0.5) is 0 Å². The van der Waals surface area contributed by atoms with Gasteiger partial charge < -0.3 is 9.42 Å². The first kappa shape index (κ1) is 9.84. The molecule has 0 heterocycles. The molecule has 0 fully saturated rings. The average molecular weight is 203 g/mol. The first-order valence-corrected chi connectivity index (χ1v) is 6.12. The van der Waals surface area contributed by atoms with E-state index in [1.807, 2.05) is 30.3 Å². The molecule has 3 nitrogen and oxygen atoms in total. The Balaban J connectivity index is 2.50. The third-order valence-electron chi connectivity index (χ3n) is 1.26. The Morgan fingerprint density at radius 1 is 1.42 bits per heavy atom. The Morgan fingerprint density at radius 2 is 2.00 bits per heavy atom. The van der Waals surface area contributed by atoms with Crippen molar-refractivity contribution in [2.75, 3.05) is 0 Å². The van der Waals surface area contributed by atoms with Crippen LogP contribution in [0.1, 0.15) is 5.56 Å². The van der Waals surface area contributed by atoms with Crippen molar-refractivity contribution in [1.29, 1.82) is 0 Å². The minimum absolute atomic E-state index is 0.269. The summed E-state index contributed by atoms with van der Waals surface area (Å²) in [6, 6.07) is 9.43. The van der Waals surface area contributed by atoms with Crippen molar-refractivity contribution >= 4 is 18.4 Å². The van der Waals surface area contributed by atoms with Gasteiger partial charge in [0.1, 0.15) is 0 Å². The van der Waals surface area contributed by atoms with Crippen LogP contribution in [0.25, 0.3) is 0 Å². The van der Waals surface area contributed by atoms with Gasteiger partial charge in [-0.1, -0.05) is 30.3 Å². The Kier molecular flexibility index (Phi) is 3.38. The molecule has 0 radical (unpaired) electrons. The second-order valence-electron chi connectivity index (χ2n) is 2.32. The van der Waals surface area contributed by atoms with Gasteiger partial charge >= 0.3 is 0 Å². The van der Waals surface area contributed by atoms with Crippen LogP contribution in [-0.4, -0.2) is 4.89 Å². The Hall–Kier alpha value is -0.250. The second kappa shape index (κ2) is 4.12. The first-order chi connectivity index (χ1) is 5.58. The molecule has 0 aliphatic rings. The number of hydrogen-bond acceptors (Lipinski definition) is 2. The predicted molar refractivity (Wildman–Crippen MR) is 51.9 cm³/mol. The van der Waals surface area contributed by atoms with Crippen LogP contribution in [0.5, 0.6) is 0 Å². The molecule has 0 aliphatic heterocycles. The molecule has 0 aliphatic carbocycles. The van der Waals surface area contributed by atoms with Crippen LogP contribution < -0.4 is 5.50 Å². The maximum Gasteiger partial charge on any atom is 0.256 e. The van der Waals surface area contributed by atoms with Crippen molar-refractivity contribution in [1.82, 2.24) is 0 Å². The fourth-order valence-corrected chi connectivity index (χ4v) is 1.23. The van der Waals surface area contributed by atoms with E-state index in [0.717, 1.165) is 5.56 Å². The summed E-state index contributed by atoms with van der Waals surface area (Å²) in [7, 11) is 0. The third kappa shape index (κ3) is 3.95. The molecule has 1 atom stereocenters. The molecule has 5 heteroatoms. The highest BCUT2D eigenvalue weighted by atomic mass is 32.5. The van der Waals surface area contributed by atoms with E-state index in [1.165, 1.54) is 0 Å². The van der Waals surface area contributed by atoms with Gasteiger partial charge in [-0.15, -0.1) is 0 Å². The van der Waals surface area contributed by atoms with E-state index in [9.17, 15) is 0 Å². The van der Waals surface area contributed by atoms with Crippen LogP contribution in [0.2, 0.25) is 0 Å². The number of hydrogen-bond donors (Lipinski definition) is 2. The smallest absolute Gasteiger partial charge is 0.256 e. The van der Waals surface area contributed by atoms with Gasteiger partial charge in [0.25, 0.3) is 6.64 Å². The molecule has 3 N–H and O–H groups in total. The van der Waals surface area contributed by atoms with E-state index in [0.29, 0.717) is 0 Å². The fourth-order valence-electron chi connectivity index (χ4n) is 0.741. The van der Waals surface area contributed by atoms with Gasteiger partial charge in [0.2, 0.25) is 0 Å². The SMILES string of the molecule is NP(O)(=S)OCc1ccccc1. The Bertz CT molecular complexity index is 285. The van der Waals surface area contributed by atoms with Crippen molar-refractivity contribution in [2.24, 2.45) is 5.50 Å². The van der Waals surface area contributed by atoms with Crippen molar-refractivity contribution in [3.8, 4) is 0 Å². The van der Waals surface area contributed by atoms with Crippen molar-refractivity contribution in [3.63, 3.8) is 0 Å². The van der Waals surface area contributed by atoms with Crippen molar-refractivity contribution in [2.45, 2.75) is 6.61 Å². The van der Waals surface area contributed by atoms with Crippen LogP contribution in [-0.2, 0) is 22.9 Å². The van der Waals surface area contributed by atoms with Crippen molar-refractivity contribution < 1.29 is 9.42 Å². The quantitative estimate of drug-likeness (QED) is 0.729. The predicted octanol–water partition coefficient (Wildman–Crippen LogP) is 1.38. The molecule has 1 rings (SSSR count). The van der Waals surface area contributed by atoms with Gasteiger partial charge in [-0.05, 0) is 17.4 Å². The van der Waals surface area contributed by atoms with Crippen LogP contribution in [0, 0.1) is 0 Å². The highest BCUT2D eigenvalue weighted by molar-refractivity contribution is 8.08. The first-order valence-electron chi connectivity index (χ1n) is 3.38. The minimum Gasteiger partial charge on any atom is -0.334 e. The molecule has 0 bridgehead atoms. The summed E-state index contributed by atoms with van der Waals surface area (Å²) in [4.78, 5) is 8.96. The fraction of sp³-hybridized carbons (Fsp3) is 0.143. The van der Waals surface area contributed by atoms with E-state index < -0.39 is 6.64 Å². The Morgan fingerprint density at radius 3 is 2.50 bits per heavy atom. The molecule has 1 unspecified atom stereocenters. The lowest BCUT2D eigenvalue weighted by Crippen LogP contribution is -1.98. The number of rotatable bonds is 3. The normalized spacial score (nSPS) is 15.5. The summed E-state index contributed by atoms with van der Waals surface area (Å²) in [5.41, 5.74) is 6.09. The zero-order valence-corrected chi connectivity index (χ0v) is 8.09. The molecular formula is C7H10NO2PS. The molecule has 66 valence electrons. The topological polar surface area (TPSA) is 55.5 Å². The average Bonchev–Trinajstić information content (AvgIpc) is 2.02. The molecule has 1 aromatic carbocycles. The van der Waals surface area contributed by atoms with Crippen LogP contribution >= 0.6 is 6.64 Å². The summed E-state index contributed by atoms with van der Waals surface area (Å²) in [5, 5.41) is 0. The summed E-state index contributed by atoms with van der Waals surface area (Å²) in [6.45, 7) is -2.73. The van der Waals surface area contributed by atoms with Gasteiger partial charge in [-0.25, -0.2) is 0 Å². The highest BCUT2D eigenvalue weighted by Crippen LogP contribution is 2.32. The summed E-state index contributed by atoms with van der Waals surface area (Å²) in [6.07, 6.45) is 0. The van der Waals surface area contributed by atoms with Gasteiger partial charge in [0.05, 0.1) is 6.61 Å². The lowest BCUT2D eigenvalue weighted by molar-refractivity contribution is 0.297. The third-order valence-corrected chi connectivity index (χ3v) is 2.07. The molecule has 0 saturated carbocycles. The van der Waals surface area contributed by atoms with Gasteiger partial charge in [-0.2, -0.15) is 0 Å². The van der Waals surface area contributed by atoms with E-state index in [4.69, 9.17) is 14.9 Å². The summed E-state index contributed by atoms with van der Waals surface area (Å²) in [5.74, 6) is 0. The second-order valence-corrected chi connectivity index (χ2v) is 5.28. The molecular weight excluding hydrogens is 193 g/mol. The van der Waals surface area contributed by atoms with E-state index in [2.05, 4.69) is 11.8 Å². The monoisotopic (exact) mass is 203 g/mol. The van der Waals surface area contributed by atoms with E-state index in [-0.39, 0.29) is 6.61 Å². The van der Waals surface area contributed by atoms with Crippen molar-refractivity contribution in [3.05, 3.63) is 35.9 Å².